The van der Waals surface area contributed by atoms with Gasteiger partial charge in [0.05, 0.1) is 17.1 Å². The second kappa shape index (κ2) is 7.02. The predicted molar refractivity (Wildman–Crippen MR) is 93.5 cm³/mol. The summed E-state index contributed by atoms with van der Waals surface area (Å²) < 4.78 is 0. The van der Waals surface area contributed by atoms with E-state index in [1.807, 2.05) is 18.2 Å². The number of amides is 1. The second-order valence-corrected chi connectivity index (χ2v) is 5.97. The van der Waals surface area contributed by atoms with Gasteiger partial charge in [-0.05, 0) is 23.8 Å². The highest BCUT2D eigenvalue weighted by atomic mass is 35.5. The van der Waals surface area contributed by atoms with E-state index in [9.17, 15) is 4.79 Å². The third kappa shape index (κ3) is 3.66. The third-order valence-corrected chi connectivity index (χ3v) is 4.11. The summed E-state index contributed by atoms with van der Waals surface area (Å²) >= 11 is 11.8. The Morgan fingerprint density at radius 2 is 1.96 bits per heavy atom. The zero-order chi connectivity index (χ0) is 16.2. The zero-order valence-electron chi connectivity index (χ0n) is 12.3. The topological polar surface area (TPSA) is 53.5 Å². The summed E-state index contributed by atoms with van der Waals surface area (Å²) in [7, 11) is 0. The van der Waals surface area contributed by atoms with Crippen LogP contribution in [-0.4, -0.2) is 24.8 Å². The molecule has 1 aliphatic rings. The summed E-state index contributed by atoms with van der Waals surface area (Å²) in [6.45, 7) is 1.76. The van der Waals surface area contributed by atoms with Crippen LogP contribution in [0.2, 0.25) is 10.0 Å². The summed E-state index contributed by atoms with van der Waals surface area (Å²) in [4.78, 5) is 16.5. The summed E-state index contributed by atoms with van der Waals surface area (Å²) in [5.74, 6) is 0.654. The van der Waals surface area contributed by atoms with Crippen LogP contribution in [-0.2, 0) is 6.54 Å². The molecule has 1 aliphatic heterocycles. The first-order chi connectivity index (χ1) is 11.1. The van der Waals surface area contributed by atoms with Crippen molar-refractivity contribution in [2.24, 2.45) is 4.99 Å². The third-order valence-electron chi connectivity index (χ3n) is 3.56. The average Bonchev–Trinajstić information content (AvgIpc) is 2.94. The van der Waals surface area contributed by atoms with Crippen LogP contribution in [0.4, 0.5) is 0 Å². The van der Waals surface area contributed by atoms with Gasteiger partial charge >= 0.3 is 0 Å². The van der Waals surface area contributed by atoms with Gasteiger partial charge in [0.25, 0.3) is 5.91 Å². The van der Waals surface area contributed by atoms with Crippen molar-refractivity contribution < 1.29 is 4.79 Å². The number of rotatable bonds is 4. The van der Waals surface area contributed by atoms with Crippen molar-refractivity contribution in [2.75, 3.05) is 13.1 Å². The minimum Gasteiger partial charge on any atom is -0.368 e. The molecule has 2 aromatic carbocycles. The van der Waals surface area contributed by atoms with E-state index in [-0.39, 0.29) is 5.91 Å². The molecule has 1 amide bonds. The molecule has 23 heavy (non-hydrogen) atoms. The molecule has 4 nitrogen and oxygen atoms in total. The van der Waals surface area contributed by atoms with E-state index in [1.54, 1.807) is 18.2 Å². The molecule has 3 rings (SSSR count). The van der Waals surface area contributed by atoms with Crippen molar-refractivity contribution in [1.82, 2.24) is 10.6 Å². The fourth-order valence-corrected chi connectivity index (χ4v) is 2.91. The van der Waals surface area contributed by atoms with Crippen LogP contribution in [0.15, 0.2) is 47.5 Å². The number of nitrogens with zero attached hydrogens (tertiary/aromatic N) is 1. The maximum absolute atomic E-state index is 12.1. The monoisotopic (exact) mass is 347 g/mol. The van der Waals surface area contributed by atoms with E-state index < -0.39 is 0 Å². The summed E-state index contributed by atoms with van der Waals surface area (Å²) in [6.07, 6.45) is 0. The van der Waals surface area contributed by atoms with Gasteiger partial charge in [-0.15, -0.1) is 0 Å². The molecular formula is C17H15Cl2N3O. The molecule has 0 saturated heterocycles. The summed E-state index contributed by atoms with van der Waals surface area (Å²) in [6, 6.07) is 12.9. The van der Waals surface area contributed by atoms with Gasteiger partial charge in [0.1, 0.15) is 5.84 Å². The highest BCUT2D eigenvalue weighted by Crippen LogP contribution is 2.20. The lowest BCUT2D eigenvalue weighted by Crippen LogP contribution is -2.34. The number of halogens is 2. The molecular weight excluding hydrogens is 333 g/mol. The average molecular weight is 348 g/mol. The van der Waals surface area contributed by atoms with Gasteiger partial charge in [0.15, 0.2) is 0 Å². The van der Waals surface area contributed by atoms with Gasteiger partial charge in [-0.25, -0.2) is 0 Å². The molecule has 0 bridgehead atoms. The maximum Gasteiger partial charge on any atom is 0.252 e. The van der Waals surface area contributed by atoms with Crippen LogP contribution >= 0.6 is 23.2 Å². The van der Waals surface area contributed by atoms with E-state index >= 15 is 0 Å². The number of fused-ring (bicyclic) bond motifs is 1. The highest BCUT2D eigenvalue weighted by molar-refractivity contribution is 6.36. The number of hydrogen-bond acceptors (Lipinski definition) is 3. The van der Waals surface area contributed by atoms with Gasteiger partial charge in [-0.3, -0.25) is 9.79 Å². The molecule has 118 valence electrons. The van der Waals surface area contributed by atoms with Crippen LogP contribution < -0.4 is 10.6 Å². The van der Waals surface area contributed by atoms with Crippen molar-refractivity contribution in [3.8, 4) is 0 Å². The lowest BCUT2D eigenvalue weighted by atomic mass is 10.1. The van der Waals surface area contributed by atoms with Gasteiger partial charge in [0.2, 0.25) is 0 Å². The van der Waals surface area contributed by atoms with Crippen LogP contribution in [0.3, 0.4) is 0 Å². The van der Waals surface area contributed by atoms with Crippen LogP contribution in [0.5, 0.6) is 0 Å². The molecule has 0 fully saturated rings. The normalized spacial score (nSPS) is 12.5. The van der Waals surface area contributed by atoms with Crippen molar-refractivity contribution in [3.05, 3.63) is 69.2 Å². The molecule has 0 aromatic heterocycles. The van der Waals surface area contributed by atoms with Crippen molar-refractivity contribution >= 4 is 34.9 Å². The molecule has 0 unspecified atom stereocenters. The van der Waals surface area contributed by atoms with Gasteiger partial charge < -0.3 is 10.6 Å². The van der Waals surface area contributed by atoms with Crippen molar-refractivity contribution in [1.29, 1.82) is 0 Å². The van der Waals surface area contributed by atoms with Gasteiger partial charge in [0, 0.05) is 23.7 Å². The highest BCUT2D eigenvalue weighted by Gasteiger charge is 2.14. The van der Waals surface area contributed by atoms with Crippen molar-refractivity contribution in [2.45, 2.75) is 6.54 Å². The Hall–Kier alpha value is -2.04. The molecule has 0 aliphatic carbocycles. The van der Waals surface area contributed by atoms with E-state index in [0.717, 1.165) is 11.4 Å². The Bertz CT molecular complexity index is 774. The number of hydrogen-bond donors (Lipinski definition) is 2. The molecule has 0 saturated carbocycles. The number of carbonyl (C=O) groups is 1. The Morgan fingerprint density at radius 3 is 2.78 bits per heavy atom. The fourth-order valence-electron chi connectivity index (χ4n) is 2.42. The number of benzene rings is 2. The SMILES string of the molecule is O=C(NCCNC1=NCc2ccccc21)c1ccc(Cl)cc1Cl. The first-order valence-electron chi connectivity index (χ1n) is 7.25. The largest absolute Gasteiger partial charge is 0.368 e. The first-order valence-corrected chi connectivity index (χ1v) is 8.00. The predicted octanol–water partition coefficient (Wildman–Crippen LogP) is 3.27. The lowest BCUT2D eigenvalue weighted by molar-refractivity contribution is 0.0954. The summed E-state index contributed by atoms with van der Waals surface area (Å²) in [5.41, 5.74) is 2.76. The standard InChI is InChI=1S/C17H15Cl2N3O/c18-12-5-6-14(15(19)9-12)17(23)21-8-7-20-16-13-4-2-1-3-11(13)10-22-16/h1-6,9H,7-8,10H2,(H,20,22)(H,21,23). The first kappa shape index (κ1) is 15.8. The molecule has 0 radical (unpaired) electrons. The Morgan fingerprint density at radius 1 is 1.13 bits per heavy atom. The number of amidine groups is 1. The Balaban J connectivity index is 1.50. The van der Waals surface area contributed by atoms with Crippen LogP contribution in [0.1, 0.15) is 21.5 Å². The molecule has 2 aromatic rings. The second-order valence-electron chi connectivity index (χ2n) is 5.13. The fraction of sp³-hybridized carbons (Fsp3) is 0.176. The lowest BCUT2D eigenvalue weighted by Gasteiger charge is -2.09. The van der Waals surface area contributed by atoms with E-state index in [0.29, 0.717) is 35.2 Å². The summed E-state index contributed by atoms with van der Waals surface area (Å²) in [5, 5.41) is 6.92. The minimum atomic E-state index is -0.220. The quantitative estimate of drug-likeness (QED) is 0.834. The number of aliphatic imine (C=N–C) groups is 1. The van der Waals surface area contributed by atoms with Crippen LogP contribution in [0, 0.1) is 0 Å². The Kier molecular flexibility index (Phi) is 4.84. The molecule has 0 spiro atoms. The molecule has 6 heteroatoms. The number of nitrogens with one attached hydrogen (secondary N) is 2. The van der Waals surface area contributed by atoms with E-state index in [2.05, 4.69) is 21.7 Å². The smallest absolute Gasteiger partial charge is 0.252 e. The minimum absolute atomic E-state index is 0.220. The number of carbonyl (C=O) groups excluding carboxylic acids is 1. The molecule has 2 N–H and O–H groups in total. The van der Waals surface area contributed by atoms with E-state index in [4.69, 9.17) is 23.2 Å². The molecule has 0 atom stereocenters. The van der Waals surface area contributed by atoms with Crippen molar-refractivity contribution in [3.63, 3.8) is 0 Å². The van der Waals surface area contributed by atoms with E-state index in [1.165, 1.54) is 5.56 Å². The zero-order valence-corrected chi connectivity index (χ0v) is 13.8. The van der Waals surface area contributed by atoms with Crippen LogP contribution in [0.25, 0.3) is 0 Å². The van der Waals surface area contributed by atoms with Gasteiger partial charge in [-0.2, -0.15) is 0 Å². The van der Waals surface area contributed by atoms with Gasteiger partial charge in [-0.1, -0.05) is 47.5 Å². The Labute approximate surface area is 144 Å². The maximum atomic E-state index is 12.1. The molecule has 1 heterocycles.